The number of anilines is 1. The number of sulfonamides is 1. The minimum absolute atomic E-state index is 0.138. The molecule has 3 aromatic rings. The number of nitrogens with zero attached hydrogens (tertiary/aromatic N) is 1. The summed E-state index contributed by atoms with van der Waals surface area (Å²) in [7, 11) is -3.80. The standard InChI is InChI=1S/C19H19N3O4S2/c1-11-18(27-19(20-11)21-12(2)23)16-9-10-17(26-16)28(24,25)22-15-8-7-13-5-3-4-6-14(13)15/h3-6,9-10,15,22H,7-8H2,1-2H3,(H,20,21,23)/t15-/m1/s1. The van der Waals surface area contributed by atoms with Crippen LogP contribution in [0.5, 0.6) is 0 Å². The summed E-state index contributed by atoms with van der Waals surface area (Å²) in [4.78, 5) is 16.1. The van der Waals surface area contributed by atoms with Gasteiger partial charge in [0.15, 0.2) is 5.13 Å². The van der Waals surface area contributed by atoms with E-state index >= 15 is 0 Å². The second-order valence-corrected chi connectivity index (χ2v) is 9.29. The molecule has 2 aromatic heterocycles. The fourth-order valence-electron chi connectivity index (χ4n) is 3.34. The van der Waals surface area contributed by atoms with Crippen molar-refractivity contribution in [2.24, 2.45) is 0 Å². The van der Waals surface area contributed by atoms with Gasteiger partial charge < -0.3 is 9.73 Å². The van der Waals surface area contributed by atoms with Gasteiger partial charge in [-0.15, -0.1) is 0 Å². The minimum atomic E-state index is -3.80. The second-order valence-electron chi connectivity index (χ2n) is 6.64. The van der Waals surface area contributed by atoms with Gasteiger partial charge in [-0.25, -0.2) is 18.1 Å². The number of aromatic nitrogens is 1. The highest BCUT2D eigenvalue weighted by molar-refractivity contribution is 7.89. The molecule has 9 heteroatoms. The molecule has 0 spiro atoms. The summed E-state index contributed by atoms with van der Waals surface area (Å²) in [5.41, 5.74) is 2.84. The molecule has 28 heavy (non-hydrogen) atoms. The molecule has 146 valence electrons. The van der Waals surface area contributed by atoms with Gasteiger partial charge in [0.05, 0.1) is 10.6 Å². The summed E-state index contributed by atoms with van der Waals surface area (Å²) in [5.74, 6) is 0.183. The number of benzene rings is 1. The highest BCUT2D eigenvalue weighted by Crippen LogP contribution is 2.36. The quantitative estimate of drug-likeness (QED) is 0.660. The summed E-state index contributed by atoms with van der Waals surface area (Å²) in [6, 6.07) is 10.6. The van der Waals surface area contributed by atoms with Crippen molar-refractivity contribution in [3.63, 3.8) is 0 Å². The lowest BCUT2D eigenvalue weighted by atomic mass is 10.1. The number of carbonyl (C=O) groups is 1. The van der Waals surface area contributed by atoms with Gasteiger partial charge in [-0.2, -0.15) is 0 Å². The van der Waals surface area contributed by atoms with Gasteiger partial charge in [0.2, 0.25) is 11.0 Å². The van der Waals surface area contributed by atoms with E-state index < -0.39 is 10.0 Å². The van der Waals surface area contributed by atoms with Crippen LogP contribution in [0.1, 0.15) is 36.2 Å². The van der Waals surface area contributed by atoms with Crippen LogP contribution in [0.3, 0.4) is 0 Å². The Kier molecular flexibility index (Phi) is 4.82. The van der Waals surface area contributed by atoms with Crippen molar-refractivity contribution in [3.8, 4) is 10.6 Å². The molecule has 1 aromatic carbocycles. The first-order chi connectivity index (χ1) is 13.3. The molecule has 2 heterocycles. The van der Waals surface area contributed by atoms with E-state index in [1.165, 1.54) is 29.9 Å². The number of thiazole rings is 1. The van der Waals surface area contributed by atoms with E-state index in [1.54, 1.807) is 13.0 Å². The Hall–Kier alpha value is -2.49. The lowest BCUT2D eigenvalue weighted by Gasteiger charge is -2.13. The average molecular weight is 418 g/mol. The van der Waals surface area contributed by atoms with Crippen molar-refractivity contribution in [1.82, 2.24) is 9.71 Å². The molecule has 2 N–H and O–H groups in total. The van der Waals surface area contributed by atoms with E-state index in [4.69, 9.17) is 4.42 Å². The molecule has 1 aliphatic rings. The lowest BCUT2D eigenvalue weighted by molar-refractivity contribution is -0.114. The van der Waals surface area contributed by atoms with Crippen molar-refractivity contribution in [2.75, 3.05) is 5.32 Å². The zero-order valence-electron chi connectivity index (χ0n) is 15.4. The molecule has 0 aliphatic heterocycles. The summed E-state index contributed by atoms with van der Waals surface area (Å²) < 4.78 is 34.0. The number of rotatable bonds is 5. The van der Waals surface area contributed by atoms with Crippen LogP contribution in [-0.2, 0) is 21.2 Å². The number of amides is 1. The first kappa shape index (κ1) is 18.9. The van der Waals surface area contributed by atoms with Gasteiger partial charge in [-0.1, -0.05) is 35.6 Å². The second kappa shape index (κ2) is 7.16. The maximum atomic E-state index is 12.8. The SMILES string of the molecule is CC(=O)Nc1nc(C)c(-c2ccc(S(=O)(=O)N[C@@H]3CCc4ccccc43)o2)s1. The molecule has 1 amide bonds. The van der Waals surface area contributed by atoms with Crippen LogP contribution in [0.15, 0.2) is 45.9 Å². The fourth-order valence-corrected chi connectivity index (χ4v) is 5.50. The van der Waals surface area contributed by atoms with Crippen LogP contribution in [0.4, 0.5) is 5.13 Å². The molecule has 4 rings (SSSR count). The molecule has 0 unspecified atom stereocenters. The van der Waals surface area contributed by atoms with Gasteiger partial charge in [0, 0.05) is 13.0 Å². The highest BCUT2D eigenvalue weighted by atomic mass is 32.2. The van der Waals surface area contributed by atoms with Gasteiger partial charge in [0.25, 0.3) is 10.0 Å². The number of carbonyl (C=O) groups excluding carboxylic acids is 1. The normalized spacial score (nSPS) is 16.1. The number of hydrogen-bond acceptors (Lipinski definition) is 6. The molecular formula is C19H19N3O4S2. The lowest BCUT2D eigenvalue weighted by Crippen LogP contribution is -2.27. The predicted molar refractivity (Wildman–Crippen MR) is 107 cm³/mol. The van der Waals surface area contributed by atoms with Crippen LogP contribution < -0.4 is 10.0 Å². The van der Waals surface area contributed by atoms with Crippen LogP contribution >= 0.6 is 11.3 Å². The number of aryl methyl sites for hydroxylation is 2. The highest BCUT2D eigenvalue weighted by Gasteiger charge is 2.29. The summed E-state index contributed by atoms with van der Waals surface area (Å²) in [5, 5.41) is 2.93. The number of nitrogens with one attached hydrogen (secondary N) is 2. The molecule has 0 radical (unpaired) electrons. The van der Waals surface area contributed by atoms with Crippen molar-refractivity contribution < 1.29 is 17.6 Å². The molecule has 0 bridgehead atoms. The van der Waals surface area contributed by atoms with Crippen molar-refractivity contribution >= 4 is 32.4 Å². The van der Waals surface area contributed by atoms with Gasteiger partial charge in [-0.05, 0) is 43.0 Å². The van der Waals surface area contributed by atoms with Gasteiger partial charge >= 0.3 is 0 Å². The van der Waals surface area contributed by atoms with E-state index in [0.29, 0.717) is 21.5 Å². The summed E-state index contributed by atoms with van der Waals surface area (Å²) >= 11 is 1.24. The van der Waals surface area contributed by atoms with E-state index in [-0.39, 0.29) is 17.0 Å². The average Bonchev–Trinajstić information content (AvgIpc) is 3.34. The Balaban J connectivity index is 1.57. The topological polar surface area (TPSA) is 101 Å². The molecule has 0 saturated heterocycles. The maximum absolute atomic E-state index is 12.8. The monoisotopic (exact) mass is 417 g/mol. The fraction of sp³-hybridized carbons (Fsp3) is 0.263. The minimum Gasteiger partial charge on any atom is -0.442 e. The zero-order valence-corrected chi connectivity index (χ0v) is 17.0. The van der Waals surface area contributed by atoms with Gasteiger partial charge in [-0.3, -0.25) is 4.79 Å². The van der Waals surface area contributed by atoms with Crippen LogP contribution in [-0.4, -0.2) is 19.3 Å². The van der Waals surface area contributed by atoms with E-state index in [0.717, 1.165) is 18.4 Å². The Labute approximate surface area is 166 Å². The van der Waals surface area contributed by atoms with Crippen LogP contribution in [0.2, 0.25) is 0 Å². The number of furan rings is 1. The van der Waals surface area contributed by atoms with E-state index in [2.05, 4.69) is 15.0 Å². The number of fused-ring (bicyclic) bond motifs is 1. The van der Waals surface area contributed by atoms with Crippen LogP contribution in [0, 0.1) is 6.92 Å². The predicted octanol–water partition coefficient (Wildman–Crippen LogP) is 3.64. The summed E-state index contributed by atoms with van der Waals surface area (Å²) in [6.07, 6.45) is 1.57. The van der Waals surface area contributed by atoms with Gasteiger partial charge in [0.1, 0.15) is 5.76 Å². The molecular weight excluding hydrogens is 398 g/mol. The summed E-state index contributed by atoms with van der Waals surface area (Å²) in [6.45, 7) is 3.18. The molecule has 7 nitrogen and oxygen atoms in total. The Bertz CT molecular complexity index is 1150. The third-order valence-electron chi connectivity index (χ3n) is 4.58. The van der Waals surface area contributed by atoms with Crippen LogP contribution in [0.25, 0.3) is 10.6 Å². The third-order valence-corrected chi connectivity index (χ3v) is 7.01. The molecule has 1 atom stereocenters. The third kappa shape index (κ3) is 3.60. The van der Waals surface area contributed by atoms with E-state index in [9.17, 15) is 13.2 Å². The Morgan fingerprint density at radius 2 is 2.04 bits per heavy atom. The molecule has 0 saturated carbocycles. The van der Waals surface area contributed by atoms with Crippen molar-refractivity contribution in [1.29, 1.82) is 0 Å². The Morgan fingerprint density at radius 1 is 1.25 bits per heavy atom. The maximum Gasteiger partial charge on any atom is 0.274 e. The number of hydrogen-bond donors (Lipinski definition) is 2. The van der Waals surface area contributed by atoms with Crippen molar-refractivity contribution in [3.05, 3.63) is 53.2 Å². The first-order valence-corrected chi connectivity index (χ1v) is 11.1. The molecule has 0 fully saturated rings. The Morgan fingerprint density at radius 3 is 2.82 bits per heavy atom. The first-order valence-electron chi connectivity index (χ1n) is 8.79. The smallest absolute Gasteiger partial charge is 0.274 e. The van der Waals surface area contributed by atoms with E-state index in [1.807, 2.05) is 24.3 Å². The largest absolute Gasteiger partial charge is 0.442 e. The zero-order chi connectivity index (χ0) is 19.9. The molecule has 1 aliphatic carbocycles. The van der Waals surface area contributed by atoms with Crippen molar-refractivity contribution in [2.45, 2.75) is 37.8 Å².